The molecule has 3 atom stereocenters. The Hall–Kier alpha value is -1.22. The van der Waals surface area contributed by atoms with Gasteiger partial charge in [0.1, 0.15) is 4.21 Å². The summed E-state index contributed by atoms with van der Waals surface area (Å²) in [5.74, 6) is -0.480. The van der Waals surface area contributed by atoms with Gasteiger partial charge in [-0.1, -0.05) is 36.4 Å². The van der Waals surface area contributed by atoms with Crippen LogP contribution in [0.1, 0.15) is 18.5 Å². The van der Waals surface area contributed by atoms with Gasteiger partial charge >= 0.3 is 0 Å². The topological polar surface area (TPSA) is 80.3 Å². The second-order valence-electron chi connectivity index (χ2n) is 6.00. The van der Waals surface area contributed by atoms with Crippen LogP contribution in [-0.4, -0.2) is 39.6 Å². The van der Waals surface area contributed by atoms with Gasteiger partial charge in [0.15, 0.2) is 19.7 Å². The highest BCUT2D eigenvalue weighted by Crippen LogP contribution is 2.29. The van der Waals surface area contributed by atoms with Crippen molar-refractivity contribution < 1.29 is 16.8 Å². The minimum atomic E-state index is -3.67. The smallest absolute Gasteiger partial charge is 0.193 e. The molecule has 1 aromatic heterocycles. The van der Waals surface area contributed by atoms with Gasteiger partial charge in [-0.05, 0) is 23.9 Å². The summed E-state index contributed by atoms with van der Waals surface area (Å²) in [4.78, 5) is 0. The first kappa shape index (κ1) is 17.6. The number of sulfone groups is 2. The average molecular weight is 386 g/mol. The molecule has 2 aromatic rings. The summed E-state index contributed by atoms with van der Waals surface area (Å²) >= 11 is 1.12. The van der Waals surface area contributed by atoms with Crippen molar-refractivity contribution in [2.45, 2.75) is 28.5 Å². The molecule has 5 nitrogen and oxygen atoms in total. The Kier molecular flexibility index (Phi) is 4.83. The first-order valence-corrected chi connectivity index (χ1v) is 11.8. The van der Waals surface area contributed by atoms with E-state index in [0.29, 0.717) is 0 Å². The molecule has 1 fully saturated rings. The number of thiophene rings is 1. The summed E-state index contributed by atoms with van der Waals surface area (Å²) in [5, 5.41) is 3.95. The molecule has 0 spiro atoms. The first-order valence-electron chi connectivity index (χ1n) is 7.58. The Morgan fingerprint density at radius 3 is 2.46 bits per heavy atom. The van der Waals surface area contributed by atoms with E-state index in [4.69, 9.17) is 0 Å². The molecule has 0 aliphatic carbocycles. The predicted octanol–water partition coefficient (Wildman–Crippen LogP) is 2.04. The van der Waals surface area contributed by atoms with Crippen LogP contribution < -0.4 is 5.32 Å². The van der Waals surface area contributed by atoms with Crippen molar-refractivity contribution in [3.05, 3.63) is 53.4 Å². The van der Waals surface area contributed by atoms with Gasteiger partial charge in [0.2, 0.25) is 0 Å². The van der Waals surface area contributed by atoms with Crippen LogP contribution in [0.25, 0.3) is 0 Å². The Balaban J connectivity index is 1.88. The van der Waals surface area contributed by atoms with Gasteiger partial charge in [-0.15, -0.1) is 11.3 Å². The number of benzene rings is 1. The maximum Gasteiger partial charge on any atom is 0.193 e. The third-order valence-electron chi connectivity index (χ3n) is 4.24. The molecule has 1 saturated heterocycles. The number of rotatable bonds is 5. The summed E-state index contributed by atoms with van der Waals surface area (Å²) < 4.78 is 50.0. The average Bonchev–Trinajstić information content (AvgIpc) is 3.16. The molecule has 0 radical (unpaired) electrons. The van der Waals surface area contributed by atoms with Crippen LogP contribution in [0.5, 0.6) is 0 Å². The van der Waals surface area contributed by atoms with E-state index in [-0.39, 0.29) is 21.8 Å². The van der Waals surface area contributed by atoms with Gasteiger partial charge < -0.3 is 5.32 Å². The standard InChI is InChI=1S/C16H19NO4S3/c1-12(13-6-3-2-4-7-13)17-14-10-23(18,19)11-15(14)24(20,21)16-8-5-9-22-16/h2-9,12,14-15,17H,10-11H2,1H3. The molecule has 1 N–H and O–H groups in total. The molecule has 8 heteroatoms. The fourth-order valence-corrected chi connectivity index (χ4v) is 8.91. The maximum atomic E-state index is 12.8. The molecule has 1 aromatic carbocycles. The highest BCUT2D eigenvalue weighted by atomic mass is 32.2. The second-order valence-corrected chi connectivity index (χ2v) is 11.5. The highest BCUT2D eigenvalue weighted by molar-refractivity contribution is 7.97. The third kappa shape index (κ3) is 3.56. The van der Waals surface area contributed by atoms with E-state index in [2.05, 4.69) is 5.32 Å². The van der Waals surface area contributed by atoms with Crippen LogP contribution in [0, 0.1) is 0 Å². The zero-order chi connectivity index (χ0) is 17.4. The lowest BCUT2D eigenvalue weighted by atomic mass is 10.1. The van der Waals surface area contributed by atoms with Gasteiger partial charge in [-0.25, -0.2) is 16.8 Å². The van der Waals surface area contributed by atoms with E-state index in [0.717, 1.165) is 16.9 Å². The van der Waals surface area contributed by atoms with Gasteiger partial charge in [0.25, 0.3) is 0 Å². The lowest BCUT2D eigenvalue weighted by molar-refractivity contribution is 0.476. The van der Waals surface area contributed by atoms with Crippen LogP contribution in [-0.2, 0) is 19.7 Å². The fraction of sp³-hybridized carbons (Fsp3) is 0.375. The minimum absolute atomic E-state index is 0.134. The lowest BCUT2D eigenvalue weighted by Crippen LogP contribution is -2.44. The number of hydrogen-bond acceptors (Lipinski definition) is 6. The first-order chi connectivity index (χ1) is 11.3. The fourth-order valence-electron chi connectivity index (χ4n) is 3.01. The van der Waals surface area contributed by atoms with E-state index < -0.39 is 31.0 Å². The van der Waals surface area contributed by atoms with E-state index >= 15 is 0 Å². The molecule has 0 bridgehead atoms. The van der Waals surface area contributed by atoms with Crippen molar-refractivity contribution in [1.29, 1.82) is 0 Å². The van der Waals surface area contributed by atoms with Crippen molar-refractivity contribution >= 4 is 31.0 Å². The van der Waals surface area contributed by atoms with Crippen LogP contribution >= 0.6 is 11.3 Å². The van der Waals surface area contributed by atoms with Gasteiger partial charge in [-0.2, -0.15) is 0 Å². The molecular weight excluding hydrogens is 366 g/mol. The second kappa shape index (κ2) is 6.59. The van der Waals surface area contributed by atoms with Crippen molar-refractivity contribution in [3.63, 3.8) is 0 Å². The normalized spacial score (nSPS) is 24.7. The summed E-state index contributed by atoms with van der Waals surface area (Å²) in [7, 11) is -7.05. The Morgan fingerprint density at radius 1 is 1.12 bits per heavy atom. The Bertz CT molecular complexity index is 890. The molecule has 0 saturated carbocycles. The molecule has 2 heterocycles. The number of hydrogen-bond donors (Lipinski definition) is 1. The monoisotopic (exact) mass is 385 g/mol. The van der Waals surface area contributed by atoms with E-state index in [1.165, 1.54) is 6.07 Å². The summed E-state index contributed by atoms with van der Waals surface area (Å²) in [6, 6.07) is 12.0. The summed E-state index contributed by atoms with van der Waals surface area (Å²) in [6.45, 7) is 1.91. The third-order valence-corrected chi connectivity index (χ3v) is 9.82. The van der Waals surface area contributed by atoms with Gasteiger partial charge in [-0.3, -0.25) is 0 Å². The number of nitrogens with one attached hydrogen (secondary N) is 1. The zero-order valence-corrected chi connectivity index (χ0v) is 15.6. The van der Waals surface area contributed by atoms with Crippen molar-refractivity contribution in [1.82, 2.24) is 5.32 Å². The van der Waals surface area contributed by atoms with Crippen LogP contribution in [0.3, 0.4) is 0 Å². The molecule has 1 aliphatic heterocycles. The largest absolute Gasteiger partial charge is 0.305 e. The maximum absolute atomic E-state index is 12.8. The Labute approximate surface area is 146 Å². The van der Waals surface area contributed by atoms with E-state index in [1.54, 1.807) is 11.4 Å². The quantitative estimate of drug-likeness (QED) is 0.852. The Morgan fingerprint density at radius 2 is 1.83 bits per heavy atom. The van der Waals surface area contributed by atoms with Crippen LogP contribution in [0.15, 0.2) is 52.1 Å². The molecule has 130 valence electrons. The molecule has 24 heavy (non-hydrogen) atoms. The van der Waals surface area contributed by atoms with Gasteiger partial charge in [0.05, 0.1) is 16.8 Å². The SMILES string of the molecule is CC(NC1CS(=O)(=O)CC1S(=O)(=O)c1cccs1)c1ccccc1. The van der Waals surface area contributed by atoms with Crippen molar-refractivity contribution in [3.8, 4) is 0 Å². The molecular formula is C16H19NO4S3. The van der Waals surface area contributed by atoms with Crippen LogP contribution in [0.2, 0.25) is 0 Å². The molecule has 0 amide bonds. The summed E-state index contributed by atoms with van der Waals surface area (Å²) in [5.41, 5.74) is 0.995. The zero-order valence-electron chi connectivity index (χ0n) is 13.1. The lowest BCUT2D eigenvalue weighted by Gasteiger charge is -2.23. The molecule has 3 unspecified atom stereocenters. The van der Waals surface area contributed by atoms with Crippen LogP contribution in [0.4, 0.5) is 0 Å². The van der Waals surface area contributed by atoms with Crippen molar-refractivity contribution in [2.75, 3.05) is 11.5 Å². The minimum Gasteiger partial charge on any atom is -0.305 e. The van der Waals surface area contributed by atoms with Gasteiger partial charge in [0, 0.05) is 12.1 Å². The van der Waals surface area contributed by atoms with E-state index in [9.17, 15) is 16.8 Å². The van der Waals surface area contributed by atoms with Crippen molar-refractivity contribution in [2.24, 2.45) is 0 Å². The van der Waals surface area contributed by atoms with E-state index in [1.807, 2.05) is 37.3 Å². The molecule has 3 rings (SSSR count). The molecule has 1 aliphatic rings. The predicted molar refractivity (Wildman–Crippen MR) is 95.7 cm³/mol. The highest BCUT2D eigenvalue weighted by Gasteiger charge is 2.46. The summed E-state index contributed by atoms with van der Waals surface area (Å²) in [6.07, 6.45) is 0.